The molecule has 0 aliphatic rings. The number of likely N-dealkylation sites (N-methyl/N-ethyl adjacent to an activating group) is 1. The van der Waals surface area contributed by atoms with Crippen LogP contribution in [0.2, 0.25) is 0 Å². The number of hydrogen-bond acceptors (Lipinski definition) is 5. The third-order valence-corrected chi connectivity index (χ3v) is 4.39. The van der Waals surface area contributed by atoms with E-state index in [0.717, 1.165) is 26.9 Å². The summed E-state index contributed by atoms with van der Waals surface area (Å²) in [7, 11) is 1.59. The van der Waals surface area contributed by atoms with E-state index in [1.54, 1.807) is 20.0 Å². The number of nitrogens with zero attached hydrogens (tertiary/aromatic N) is 5. The van der Waals surface area contributed by atoms with Crippen molar-refractivity contribution in [2.24, 2.45) is 0 Å². The maximum atomic E-state index is 13.0. The van der Waals surface area contributed by atoms with Gasteiger partial charge in [-0.15, -0.1) is 5.10 Å². The van der Waals surface area contributed by atoms with E-state index >= 15 is 0 Å². The van der Waals surface area contributed by atoms with Crippen LogP contribution >= 0.6 is 0 Å². The van der Waals surface area contributed by atoms with Crippen LogP contribution in [0.25, 0.3) is 5.78 Å². The van der Waals surface area contributed by atoms with Gasteiger partial charge < -0.3 is 10.2 Å². The second-order valence-electron chi connectivity index (χ2n) is 7.08. The lowest BCUT2D eigenvalue weighted by Gasteiger charge is -2.20. The molecule has 0 aliphatic heterocycles. The van der Waals surface area contributed by atoms with Gasteiger partial charge in [-0.1, -0.05) is 17.7 Å². The monoisotopic (exact) mass is 406 g/mol. The third kappa shape index (κ3) is 4.30. The predicted molar refractivity (Wildman–Crippen MR) is 103 cm³/mol. The summed E-state index contributed by atoms with van der Waals surface area (Å²) in [5.41, 5.74) is 4.16. The van der Waals surface area contributed by atoms with Gasteiger partial charge in [0, 0.05) is 24.5 Å². The van der Waals surface area contributed by atoms with Crippen molar-refractivity contribution < 1.29 is 18.0 Å². The zero-order chi connectivity index (χ0) is 21.5. The Morgan fingerprint density at radius 1 is 1.10 bits per heavy atom. The highest BCUT2D eigenvalue weighted by Gasteiger charge is 2.37. The lowest BCUT2D eigenvalue weighted by molar-refractivity contribution is -0.144. The zero-order valence-corrected chi connectivity index (χ0v) is 16.7. The van der Waals surface area contributed by atoms with Gasteiger partial charge in [0.05, 0.1) is 6.54 Å². The van der Waals surface area contributed by atoms with E-state index < -0.39 is 12.0 Å². The van der Waals surface area contributed by atoms with Crippen molar-refractivity contribution in [3.63, 3.8) is 0 Å². The molecule has 2 heterocycles. The first-order valence-electron chi connectivity index (χ1n) is 8.86. The molecule has 0 unspecified atom stereocenters. The van der Waals surface area contributed by atoms with Gasteiger partial charge in [-0.2, -0.15) is 22.7 Å². The molecule has 0 spiro atoms. The van der Waals surface area contributed by atoms with Crippen molar-refractivity contribution in [2.75, 3.05) is 23.8 Å². The third-order valence-electron chi connectivity index (χ3n) is 4.39. The van der Waals surface area contributed by atoms with Crippen molar-refractivity contribution >= 4 is 23.2 Å². The van der Waals surface area contributed by atoms with Gasteiger partial charge in [-0.05, 0) is 38.8 Å². The van der Waals surface area contributed by atoms with Crippen LogP contribution < -0.4 is 10.2 Å². The number of amides is 1. The molecule has 1 aromatic carbocycles. The average molecular weight is 406 g/mol. The summed E-state index contributed by atoms with van der Waals surface area (Å²) in [6.07, 6.45) is -4.69. The molecule has 0 saturated heterocycles. The number of aryl methyl sites for hydroxylation is 4. The molecule has 1 amide bonds. The Morgan fingerprint density at radius 2 is 1.72 bits per heavy atom. The SMILES string of the molecule is Cc1cc(C)c(NC(=O)CN(C)c2cc(C)nc3nc(C(F)(F)F)nn23)c(C)c1. The summed E-state index contributed by atoms with van der Waals surface area (Å²) in [6.45, 7) is 7.33. The summed E-state index contributed by atoms with van der Waals surface area (Å²) < 4.78 is 39.9. The number of benzene rings is 1. The fourth-order valence-corrected chi connectivity index (χ4v) is 3.21. The molecule has 154 valence electrons. The van der Waals surface area contributed by atoms with E-state index in [9.17, 15) is 18.0 Å². The molecule has 0 saturated carbocycles. The van der Waals surface area contributed by atoms with Crippen molar-refractivity contribution in [1.29, 1.82) is 0 Å². The van der Waals surface area contributed by atoms with Crippen LogP contribution in [0.3, 0.4) is 0 Å². The van der Waals surface area contributed by atoms with Gasteiger partial charge in [0.1, 0.15) is 5.82 Å². The predicted octanol–water partition coefficient (Wildman–Crippen LogP) is 3.45. The van der Waals surface area contributed by atoms with Gasteiger partial charge in [-0.25, -0.2) is 4.98 Å². The topological polar surface area (TPSA) is 75.4 Å². The zero-order valence-electron chi connectivity index (χ0n) is 16.7. The number of carbonyl (C=O) groups excluding carboxylic acids is 1. The number of carbonyl (C=O) groups is 1. The molecule has 0 aliphatic carbocycles. The molecule has 3 rings (SSSR count). The first-order valence-corrected chi connectivity index (χ1v) is 8.86. The largest absolute Gasteiger partial charge is 0.453 e. The number of rotatable bonds is 4. The minimum atomic E-state index is -4.69. The standard InChI is InChI=1S/C19H21F3N6O/c1-10-6-11(2)16(12(3)7-10)24-14(29)9-27(5)15-8-13(4)23-18-25-17(19(20,21)22)26-28(15)18/h6-8H,9H2,1-5H3,(H,24,29). The fourth-order valence-electron chi connectivity index (χ4n) is 3.21. The number of alkyl halides is 3. The number of fused-ring (bicyclic) bond motifs is 1. The molecule has 0 fully saturated rings. The highest BCUT2D eigenvalue weighted by molar-refractivity contribution is 5.95. The van der Waals surface area contributed by atoms with Crippen molar-refractivity contribution in [1.82, 2.24) is 19.6 Å². The first kappa shape index (κ1) is 20.6. The number of halogens is 3. The molecule has 7 nitrogen and oxygen atoms in total. The minimum Gasteiger partial charge on any atom is -0.350 e. The Labute approximate surface area is 165 Å². The summed E-state index contributed by atoms with van der Waals surface area (Å²) in [5, 5.41) is 6.40. The Kier molecular flexibility index (Phi) is 5.20. The first-order chi connectivity index (χ1) is 13.5. The average Bonchev–Trinajstić information content (AvgIpc) is 3.01. The fraction of sp³-hybridized carbons (Fsp3) is 0.368. The smallest absolute Gasteiger partial charge is 0.350 e. The van der Waals surface area contributed by atoms with E-state index in [0.29, 0.717) is 5.69 Å². The normalized spacial score (nSPS) is 11.7. The molecule has 2 aromatic heterocycles. The van der Waals surface area contributed by atoms with E-state index in [1.807, 2.05) is 32.9 Å². The van der Waals surface area contributed by atoms with Gasteiger partial charge >= 0.3 is 6.18 Å². The van der Waals surface area contributed by atoms with E-state index in [1.165, 1.54) is 4.90 Å². The molecule has 0 radical (unpaired) electrons. The van der Waals surface area contributed by atoms with Crippen LogP contribution in [0, 0.1) is 27.7 Å². The minimum absolute atomic E-state index is 0.0908. The van der Waals surface area contributed by atoms with Crippen molar-refractivity contribution in [3.8, 4) is 0 Å². The number of anilines is 2. The lowest BCUT2D eigenvalue weighted by Crippen LogP contribution is -2.32. The second kappa shape index (κ2) is 7.34. The molecular weight excluding hydrogens is 385 g/mol. The summed E-state index contributed by atoms with van der Waals surface area (Å²) in [4.78, 5) is 21.5. The van der Waals surface area contributed by atoms with Crippen LogP contribution in [-0.2, 0) is 11.0 Å². The lowest BCUT2D eigenvalue weighted by atomic mass is 10.1. The van der Waals surface area contributed by atoms with E-state index in [-0.39, 0.29) is 24.0 Å². The molecular formula is C19H21F3N6O. The van der Waals surface area contributed by atoms with Crippen molar-refractivity contribution in [2.45, 2.75) is 33.9 Å². The number of aromatic nitrogens is 4. The van der Waals surface area contributed by atoms with Gasteiger partial charge in [0.25, 0.3) is 11.6 Å². The maximum Gasteiger partial charge on any atom is 0.453 e. The quantitative estimate of drug-likeness (QED) is 0.718. The molecule has 29 heavy (non-hydrogen) atoms. The van der Waals surface area contributed by atoms with Crippen LogP contribution in [0.5, 0.6) is 0 Å². The number of hydrogen-bond donors (Lipinski definition) is 1. The summed E-state index contributed by atoms with van der Waals surface area (Å²) in [5.74, 6) is -1.48. The molecule has 10 heteroatoms. The van der Waals surface area contributed by atoms with E-state index in [2.05, 4.69) is 20.4 Å². The van der Waals surface area contributed by atoms with Crippen molar-refractivity contribution in [3.05, 3.63) is 46.4 Å². The maximum absolute atomic E-state index is 13.0. The van der Waals surface area contributed by atoms with Crippen LogP contribution in [0.15, 0.2) is 18.2 Å². The Hall–Kier alpha value is -3.17. The van der Waals surface area contributed by atoms with Crippen LogP contribution in [-0.4, -0.2) is 39.1 Å². The van der Waals surface area contributed by atoms with Gasteiger partial charge in [0.15, 0.2) is 0 Å². The Morgan fingerprint density at radius 3 is 2.31 bits per heavy atom. The molecule has 0 bridgehead atoms. The molecule has 3 aromatic rings. The highest BCUT2D eigenvalue weighted by Crippen LogP contribution is 2.27. The van der Waals surface area contributed by atoms with Gasteiger partial charge in [-0.3, -0.25) is 4.79 Å². The summed E-state index contributed by atoms with van der Waals surface area (Å²) in [6, 6.07) is 5.49. The van der Waals surface area contributed by atoms with Gasteiger partial charge in [0.2, 0.25) is 5.91 Å². The second-order valence-corrected chi connectivity index (χ2v) is 7.08. The van der Waals surface area contributed by atoms with E-state index in [4.69, 9.17) is 0 Å². The highest BCUT2D eigenvalue weighted by atomic mass is 19.4. The van der Waals surface area contributed by atoms with Crippen LogP contribution in [0.1, 0.15) is 28.2 Å². The Bertz CT molecular complexity index is 1070. The molecule has 1 N–H and O–H groups in total. The molecule has 0 atom stereocenters. The summed E-state index contributed by atoms with van der Waals surface area (Å²) >= 11 is 0. The van der Waals surface area contributed by atoms with Crippen LogP contribution in [0.4, 0.5) is 24.7 Å². The Balaban J connectivity index is 1.87. The number of nitrogens with one attached hydrogen (secondary N) is 1.